The van der Waals surface area contributed by atoms with Crippen molar-refractivity contribution in [1.82, 2.24) is 14.9 Å². The molecule has 0 spiro atoms. The van der Waals surface area contributed by atoms with Gasteiger partial charge < -0.3 is 18.9 Å². The molecular weight excluding hydrogens is 348 g/mol. The van der Waals surface area contributed by atoms with E-state index in [0.29, 0.717) is 36.2 Å². The molecule has 0 saturated heterocycles. The van der Waals surface area contributed by atoms with Crippen molar-refractivity contribution in [2.24, 2.45) is 5.10 Å². The highest BCUT2D eigenvalue weighted by Crippen LogP contribution is 2.28. The molecule has 1 heterocycles. The number of aromatic nitrogens is 3. The lowest BCUT2D eigenvalue weighted by molar-refractivity contribution is 0.206. The zero-order chi connectivity index (χ0) is 18.9. The average molecular weight is 368 g/mol. The van der Waals surface area contributed by atoms with Gasteiger partial charge in [-0.3, -0.25) is 0 Å². The standard InChI is InChI=1S/C19H20N4O4/c1-24-16-5-3-4-6-17(16)26-9-10-27-18-8-7-15(11-19(18)25-2)12-22-23-13-20-21-14-23/h3-8,11-14H,9-10H2,1-2H3/b22-12+. The van der Waals surface area contributed by atoms with Gasteiger partial charge in [0.2, 0.25) is 0 Å². The van der Waals surface area contributed by atoms with Crippen LogP contribution >= 0.6 is 0 Å². The van der Waals surface area contributed by atoms with Crippen LogP contribution < -0.4 is 18.9 Å². The van der Waals surface area contributed by atoms with Gasteiger partial charge in [0.1, 0.15) is 25.9 Å². The largest absolute Gasteiger partial charge is 0.493 e. The number of benzene rings is 2. The minimum Gasteiger partial charge on any atom is -0.493 e. The first-order chi connectivity index (χ1) is 13.3. The van der Waals surface area contributed by atoms with Crippen molar-refractivity contribution >= 4 is 6.21 Å². The van der Waals surface area contributed by atoms with E-state index in [1.165, 1.54) is 17.3 Å². The zero-order valence-corrected chi connectivity index (χ0v) is 15.1. The van der Waals surface area contributed by atoms with Gasteiger partial charge in [-0.25, -0.2) is 4.68 Å². The smallest absolute Gasteiger partial charge is 0.161 e. The highest BCUT2D eigenvalue weighted by molar-refractivity contribution is 5.80. The van der Waals surface area contributed by atoms with Crippen molar-refractivity contribution in [2.45, 2.75) is 0 Å². The molecule has 0 fully saturated rings. The number of para-hydroxylation sites is 2. The molecule has 1 aromatic heterocycles. The number of ether oxygens (including phenoxy) is 4. The molecule has 0 aliphatic heterocycles. The number of rotatable bonds is 9. The van der Waals surface area contributed by atoms with E-state index in [1.54, 1.807) is 20.4 Å². The molecule has 3 rings (SSSR count). The second kappa shape index (κ2) is 9.23. The third-order valence-corrected chi connectivity index (χ3v) is 3.60. The molecule has 2 aromatic carbocycles. The predicted molar refractivity (Wildman–Crippen MR) is 100.0 cm³/mol. The Morgan fingerprint density at radius 3 is 2.15 bits per heavy atom. The second-order valence-electron chi connectivity index (χ2n) is 5.34. The lowest BCUT2D eigenvalue weighted by Gasteiger charge is -2.13. The topological polar surface area (TPSA) is 80.0 Å². The van der Waals surface area contributed by atoms with Crippen molar-refractivity contribution < 1.29 is 18.9 Å². The van der Waals surface area contributed by atoms with Gasteiger partial charge in [0.05, 0.1) is 20.4 Å². The fraction of sp³-hybridized carbons (Fsp3) is 0.211. The first-order valence-corrected chi connectivity index (χ1v) is 8.26. The van der Waals surface area contributed by atoms with Crippen LogP contribution in [0.2, 0.25) is 0 Å². The third kappa shape index (κ3) is 4.97. The van der Waals surface area contributed by atoms with Crippen LogP contribution in [0.1, 0.15) is 5.56 Å². The molecule has 140 valence electrons. The fourth-order valence-corrected chi connectivity index (χ4v) is 2.31. The van der Waals surface area contributed by atoms with Crippen molar-refractivity contribution in [3.63, 3.8) is 0 Å². The summed E-state index contributed by atoms with van der Waals surface area (Å²) in [6.07, 6.45) is 4.69. The summed E-state index contributed by atoms with van der Waals surface area (Å²) in [6, 6.07) is 13.0. The molecule has 0 unspecified atom stereocenters. The van der Waals surface area contributed by atoms with Gasteiger partial charge in [0, 0.05) is 0 Å². The molecule has 0 saturated carbocycles. The minimum atomic E-state index is 0.364. The third-order valence-electron chi connectivity index (χ3n) is 3.60. The van der Waals surface area contributed by atoms with Crippen LogP contribution in [0.4, 0.5) is 0 Å². The quantitative estimate of drug-likeness (QED) is 0.427. The Balaban J connectivity index is 1.56. The Morgan fingerprint density at radius 2 is 1.48 bits per heavy atom. The SMILES string of the molecule is COc1ccccc1OCCOc1ccc(/C=N/n2cnnc2)cc1OC. The molecule has 3 aromatic rings. The van der Waals surface area contributed by atoms with Gasteiger partial charge in [-0.1, -0.05) is 12.1 Å². The predicted octanol–water partition coefficient (Wildman–Crippen LogP) is 2.64. The van der Waals surface area contributed by atoms with Crippen LogP contribution in [0.25, 0.3) is 0 Å². The van der Waals surface area contributed by atoms with E-state index in [1.807, 2.05) is 42.5 Å². The number of nitrogens with zero attached hydrogens (tertiary/aromatic N) is 4. The Kier molecular flexibility index (Phi) is 6.24. The molecule has 0 radical (unpaired) electrons. The zero-order valence-electron chi connectivity index (χ0n) is 15.1. The summed E-state index contributed by atoms with van der Waals surface area (Å²) >= 11 is 0. The van der Waals surface area contributed by atoms with E-state index in [9.17, 15) is 0 Å². The number of methoxy groups -OCH3 is 2. The molecule has 0 bridgehead atoms. The van der Waals surface area contributed by atoms with Crippen LogP contribution in [0.15, 0.2) is 60.2 Å². The maximum atomic E-state index is 5.77. The summed E-state index contributed by atoms with van der Waals surface area (Å²) in [6.45, 7) is 0.739. The van der Waals surface area contributed by atoms with Gasteiger partial charge in [-0.05, 0) is 35.9 Å². The maximum absolute atomic E-state index is 5.77. The Bertz CT molecular complexity index is 881. The van der Waals surface area contributed by atoms with E-state index in [0.717, 1.165) is 5.56 Å². The lowest BCUT2D eigenvalue weighted by atomic mass is 10.2. The van der Waals surface area contributed by atoms with Crippen LogP contribution in [0.5, 0.6) is 23.0 Å². The summed E-state index contributed by atoms with van der Waals surface area (Å²) in [7, 11) is 3.20. The summed E-state index contributed by atoms with van der Waals surface area (Å²) in [5.41, 5.74) is 0.859. The van der Waals surface area contributed by atoms with E-state index < -0.39 is 0 Å². The Morgan fingerprint density at radius 1 is 0.852 bits per heavy atom. The van der Waals surface area contributed by atoms with Crippen molar-refractivity contribution in [2.75, 3.05) is 27.4 Å². The molecule has 0 aliphatic carbocycles. The Hall–Kier alpha value is -3.55. The van der Waals surface area contributed by atoms with Gasteiger partial charge in [-0.15, -0.1) is 10.2 Å². The number of hydrogen-bond acceptors (Lipinski definition) is 7. The van der Waals surface area contributed by atoms with E-state index in [4.69, 9.17) is 18.9 Å². The van der Waals surface area contributed by atoms with E-state index >= 15 is 0 Å². The molecule has 0 amide bonds. The van der Waals surface area contributed by atoms with Crippen LogP contribution in [0.3, 0.4) is 0 Å². The first-order valence-electron chi connectivity index (χ1n) is 8.26. The van der Waals surface area contributed by atoms with Crippen LogP contribution in [-0.2, 0) is 0 Å². The summed E-state index contributed by atoms with van der Waals surface area (Å²) in [5, 5.41) is 11.6. The molecule has 27 heavy (non-hydrogen) atoms. The highest BCUT2D eigenvalue weighted by atomic mass is 16.5. The molecule has 0 atom stereocenters. The van der Waals surface area contributed by atoms with E-state index in [2.05, 4.69) is 15.3 Å². The molecule has 0 aliphatic rings. The normalized spacial score (nSPS) is 10.7. The second-order valence-corrected chi connectivity index (χ2v) is 5.34. The fourth-order valence-electron chi connectivity index (χ4n) is 2.31. The van der Waals surface area contributed by atoms with Gasteiger partial charge >= 0.3 is 0 Å². The van der Waals surface area contributed by atoms with E-state index in [-0.39, 0.29) is 0 Å². The number of hydrogen-bond donors (Lipinski definition) is 0. The first kappa shape index (κ1) is 18.2. The van der Waals surface area contributed by atoms with Crippen LogP contribution in [0, 0.1) is 0 Å². The van der Waals surface area contributed by atoms with Crippen LogP contribution in [-0.4, -0.2) is 48.5 Å². The highest BCUT2D eigenvalue weighted by Gasteiger charge is 2.06. The van der Waals surface area contributed by atoms with Gasteiger partial charge in [0.15, 0.2) is 23.0 Å². The molecule has 8 heteroatoms. The molecule has 8 nitrogen and oxygen atoms in total. The average Bonchev–Trinajstić information content (AvgIpc) is 3.24. The van der Waals surface area contributed by atoms with Crippen molar-refractivity contribution in [3.05, 3.63) is 60.7 Å². The van der Waals surface area contributed by atoms with Crippen molar-refractivity contribution in [1.29, 1.82) is 0 Å². The summed E-state index contributed by atoms with van der Waals surface area (Å²) in [5.74, 6) is 2.60. The van der Waals surface area contributed by atoms with Gasteiger partial charge in [-0.2, -0.15) is 5.10 Å². The lowest BCUT2D eigenvalue weighted by Crippen LogP contribution is -2.10. The van der Waals surface area contributed by atoms with Crippen molar-refractivity contribution in [3.8, 4) is 23.0 Å². The monoisotopic (exact) mass is 368 g/mol. The van der Waals surface area contributed by atoms with Gasteiger partial charge in [0.25, 0.3) is 0 Å². The Labute approximate surface area is 157 Å². The summed E-state index contributed by atoms with van der Waals surface area (Å²) in [4.78, 5) is 0. The summed E-state index contributed by atoms with van der Waals surface area (Å²) < 4.78 is 23.6. The maximum Gasteiger partial charge on any atom is 0.161 e. The molecule has 0 N–H and O–H groups in total. The molecular formula is C19H20N4O4. The minimum absolute atomic E-state index is 0.364.